The minimum atomic E-state index is 0.167. The zero-order valence-corrected chi connectivity index (χ0v) is 10.9. The first-order valence-corrected chi connectivity index (χ1v) is 6.15. The molecule has 0 radical (unpaired) electrons. The summed E-state index contributed by atoms with van der Waals surface area (Å²) >= 11 is 0. The van der Waals surface area contributed by atoms with E-state index in [0.717, 1.165) is 18.6 Å². The average molecular weight is 237 g/mol. The van der Waals surface area contributed by atoms with E-state index in [1.807, 2.05) is 19.1 Å². The first-order chi connectivity index (χ1) is 8.15. The summed E-state index contributed by atoms with van der Waals surface area (Å²) in [4.78, 5) is 0. The third-order valence-electron chi connectivity index (χ3n) is 2.87. The van der Waals surface area contributed by atoms with Crippen LogP contribution in [0.5, 0.6) is 5.75 Å². The normalized spacial score (nSPS) is 14.4. The van der Waals surface area contributed by atoms with Gasteiger partial charge in [-0.25, -0.2) is 0 Å². The van der Waals surface area contributed by atoms with Gasteiger partial charge < -0.3 is 15.2 Å². The summed E-state index contributed by atoms with van der Waals surface area (Å²) in [6.07, 6.45) is 2.10. The van der Waals surface area contributed by atoms with E-state index in [4.69, 9.17) is 9.84 Å². The summed E-state index contributed by atoms with van der Waals surface area (Å²) in [7, 11) is 1.68. The Bertz CT molecular complexity index is 311. The minimum absolute atomic E-state index is 0.167. The zero-order valence-electron chi connectivity index (χ0n) is 10.9. The molecule has 0 spiro atoms. The minimum Gasteiger partial charge on any atom is -0.497 e. The lowest BCUT2D eigenvalue weighted by atomic mass is 10.1. The maximum Gasteiger partial charge on any atom is 0.118 e. The molecule has 2 N–H and O–H groups in total. The van der Waals surface area contributed by atoms with Gasteiger partial charge in [0.25, 0.3) is 0 Å². The molecule has 1 aromatic rings. The van der Waals surface area contributed by atoms with Crippen molar-refractivity contribution in [3.8, 4) is 5.75 Å². The molecule has 3 nitrogen and oxygen atoms in total. The Labute approximate surface area is 104 Å². The molecule has 0 fully saturated rings. The Kier molecular flexibility index (Phi) is 6.01. The van der Waals surface area contributed by atoms with Crippen LogP contribution in [0.3, 0.4) is 0 Å². The number of rotatable bonds is 7. The van der Waals surface area contributed by atoms with Crippen molar-refractivity contribution in [3.63, 3.8) is 0 Å². The fourth-order valence-electron chi connectivity index (χ4n) is 1.80. The summed E-state index contributed by atoms with van der Waals surface area (Å²) in [5.74, 6) is 0.897. The number of benzene rings is 1. The van der Waals surface area contributed by atoms with E-state index in [1.54, 1.807) is 7.11 Å². The SMILES string of the molecule is COc1ccc(CCC(C)N[C@H](C)CO)cc1. The molecule has 0 saturated heterocycles. The van der Waals surface area contributed by atoms with Gasteiger partial charge >= 0.3 is 0 Å². The maximum absolute atomic E-state index is 8.95. The topological polar surface area (TPSA) is 41.5 Å². The summed E-state index contributed by atoms with van der Waals surface area (Å²) in [5, 5.41) is 12.3. The van der Waals surface area contributed by atoms with Gasteiger partial charge in [-0.2, -0.15) is 0 Å². The van der Waals surface area contributed by atoms with Crippen molar-refractivity contribution in [2.24, 2.45) is 0 Å². The molecule has 0 bridgehead atoms. The number of aliphatic hydroxyl groups is 1. The molecule has 0 amide bonds. The second kappa shape index (κ2) is 7.30. The number of methoxy groups -OCH3 is 1. The third kappa shape index (κ3) is 5.20. The summed E-state index contributed by atoms with van der Waals surface area (Å²) in [5.41, 5.74) is 1.32. The van der Waals surface area contributed by atoms with E-state index in [1.165, 1.54) is 5.56 Å². The van der Waals surface area contributed by atoms with E-state index >= 15 is 0 Å². The van der Waals surface area contributed by atoms with Gasteiger partial charge in [0.2, 0.25) is 0 Å². The van der Waals surface area contributed by atoms with Crippen molar-refractivity contribution >= 4 is 0 Å². The first kappa shape index (κ1) is 14.0. The number of ether oxygens (including phenoxy) is 1. The molecule has 0 aliphatic heterocycles. The Balaban J connectivity index is 2.34. The molecule has 17 heavy (non-hydrogen) atoms. The molecule has 1 unspecified atom stereocenters. The largest absolute Gasteiger partial charge is 0.497 e. The van der Waals surface area contributed by atoms with Crippen LogP contribution in [-0.2, 0) is 6.42 Å². The quantitative estimate of drug-likeness (QED) is 0.762. The molecule has 0 saturated carbocycles. The zero-order chi connectivity index (χ0) is 12.7. The van der Waals surface area contributed by atoms with E-state index in [-0.39, 0.29) is 12.6 Å². The van der Waals surface area contributed by atoms with Crippen LogP contribution in [0.15, 0.2) is 24.3 Å². The van der Waals surface area contributed by atoms with Crippen LogP contribution >= 0.6 is 0 Å². The van der Waals surface area contributed by atoms with Crippen LogP contribution in [-0.4, -0.2) is 30.9 Å². The lowest BCUT2D eigenvalue weighted by Crippen LogP contribution is -2.36. The number of hydrogen-bond donors (Lipinski definition) is 2. The number of aryl methyl sites for hydroxylation is 1. The van der Waals surface area contributed by atoms with Crippen molar-refractivity contribution in [2.45, 2.75) is 38.8 Å². The summed E-state index contributed by atoms with van der Waals surface area (Å²) < 4.78 is 5.12. The van der Waals surface area contributed by atoms with Crippen molar-refractivity contribution in [1.29, 1.82) is 0 Å². The molecule has 3 heteroatoms. The lowest BCUT2D eigenvalue weighted by molar-refractivity contribution is 0.241. The second-order valence-corrected chi connectivity index (χ2v) is 4.54. The highest BCUT2D eigenvalue weighted by atomic mass is 16.5. The van der Waals surface area contributed by atoms with Gasteiger partial charge in [0.1, 0.15) is 5.75 Å². The Morgan fingerprint density at radius 2 is 1.82 bits per heavy atom. The maximum atomic E-state index is 8.95. The fourth-order valence-corrected chi connectivity index (χ4v) is 1.80. The Hall–Kier alpha value is -1.06. The van der Waals surface area contributed by atoms with Crippen LogP contribution in [0.2, 0.25) is 0 Å². The van der Waals surface area contributed by atoms with Gasteiger partial charge in [0, 0.05) is 12.1 Å². The smallest absolute Gasteiger partial charge is 0.118 e. The van der Waals surface area contributed by atoms with Crippen LogP contribution in [0.1, 0.15) is 25.8 Å². The van der Waals surface area contributed by atoms with Gasteiger partial charge in [0.05, 0.1) is 13.7 Å². The molecule has 96 valence electrons. The highest BCUT2D eigenvalue weighted by Gasteiger charge is 2.06. The molecule has 0 heterocycles. The van der Waals surface area contributed by atoms with Gasteiger partial charge in [-0.1, -0.05) is 12.1 Å². The molecular formula is C14H23NO2. The van der Waals surface area contributed by atoms with Crippen LogP contribution in [0.25, 0.3) is 0 Å². The molecule has 0 aromatic heterocycles. The molecular weight excluding hydrogens is 214 g/mol. The van der Waals surface area contributed by atoms with E-state index < -0.39 is 0 Å². The molecule has 0 aliphatic carbocycles. The standard InChI is InChI=1S/C14H23NO2/c1-11(15-12(2)10-16)4-5-13-6-8-14(17-3)9-7-13/h6-9,11-12,15-16H,4-5,10H2,1-3H3/t11?,12-/m1/s1. The third-order valence-corrected chi connectivity index (χ3v) is 2.87. The highest BCUT2D eigenvalue weighted by molar-refractivity contribution is 5.27. The van der Waals surface area contributed by atoms with Crippen molar-refractivity contribution < 1.29 is 9.84 Å². The van der Waals surface area contributed by atoms with Gasteiger partial charge in [-0.3, -0.25) is 0 Å². The second-order valence-electron chi connectivity index (χ2n) is 4.54. The van der Waals surface area contributed by atoms with E-state index in [0.29, 0.717) is 6.04 Å². The van der Waals surface area contributed by atoms with Crippen molar-refractivity contribution in [2.75, 3.05) is 13.7 Å². The van der Waals surface area contributed by atoms with Crippen molar-refractivity contribution in [3.05, 3.63) is 29.8 Å². The predicted molar refractivity (Wildman–Crippen MR) is 70.5 cm³/mol. The van der Waals surface area contributed by atoms with Gasteiger partial charge in [0.15, 0.2) is 0 Å². The van der Waals surface area contributed by atoms with Crippen molar-refractivity contribution in [1.82, 2.24) is 5.32 Å². The highest BCUT2D eigenvalue weighted by Crippen LogP contribution is 2.13. The fraction of sp³-hybridized carbons (Fsp3) is 0.571. The molecule has 1 aromatic carbocycles. The number of nitrogens with one attached hydrogen (secondary N) is 1. The van der Waals surface area contributed by atoms with Gasteiger partial charge in [-0.05, 0) is 44.4 Å². The monoisotopic (exact) mass is 237 g/mol. The van der Waals surface area contributed by atoms with E-state index in [9.17, 15) is 0 Å². The summed E-state index contributed by atoms with van der Waals surface area (Å²) in [6, 6.07) is 8.76. The summed E-state index contributed by atoms with van der Waals surface area (Å²) in [6.45, 7) is 4.33. The predicted octanol–water partition coefficient (Wildman–Crippen LogP) is 1.99. The van der Waals surface area contributed by atoms with E-state index in [2.05, 4.69) is 24.4 Å². The van der Waals surface area contributed by atoms with Crippen LogP contribution in [0.4, 0.5) is 0 Å². The Morgan fingerprint density at radius 1 is 1.18 bits per heavy atom. The van der Waals surface area contributed by atoms with Crippen LogP contribution in [0, 0.1) is 0 Å². The first-order valence-electron chi connectivity index (χ1n) is 6.15. The van der Waals surface area contributed by atoms with Crippen LogP contribution < -0.4 is 10.1 Å². The van der Waals surface area contributed by atoms with Gasteiger partial charge in [-0.15, -0.1) is 0 Å². The number of aliphatic hydroxyl groups excluding tert-OH is 1. The number of hydrogen-bond acceptors (Lipinski definition) is 3. The molecule has 0 aliphatic rings. The Morgan fingerprint density at radius 3 is 2.35 bits per heavy atom. The lowest BCUT2D eigenvalue weighted by Gasteiger charge is -2.18. The molecule has 2 atom stereocenters. The average Bonchev–Trinajstić information content (AvgIpc) is 2.36. The molecule has 1 rings (SSSR count).